The van der Waals surface area contributed by atoms with Crippen molar-refractivity contribution < 1.29 is 0 Å². The molecular weight excluding hydrogens is 246 g/mol. The number of hydrogen-bond donors (Lipinski definition) is 1. The smallest absolute Gasteiger partial charge is 0.0955 e. The third-order valence-electron chi connectivity index (χ3n) is 2.99. The van der Waals surface area contributed by atoms with Crippen LogP contribution in [0.5, 0.6) is 0 Å². The number of rotatable bonds is 5. The van der Waals surface area contributed by atoms with Gasteiger partial charge in [-0.05, 0) is 31.2 Å². The molecule has 0 aliphatic rings. The molecule has 4 heteroatoms. The lowest BCUT2D eigenvalue weighted by Gasteiger charge is -2.13. The molecule has 1 heterocycles. The molecule has 2 rings (SSSR count). The van der Waals surface area contributed by atoms with Crippen LogP contribution in [0.25, 0.3) is 0 Å². The van der Waals surface area contributed by atoms with Crippen LogP contribution in [0.15, 0.2) is 36.8 Å². The minimum absolute atomic E-state index is 0.242. The van der Waals surface area contributed by atoms with E-state index in [-0.39, 0.29) is 6.04 Å². The second kappa shape index (κ2) is 6.03. The molecule has 0 radical (unpaired) electrons. The highest BCUT2D eigenvalue weighted by Gasteiger charge is 2.08. The number of hydrogen-bond acceptors (Lipinski definition) is 2. The van der Waals surface area contributed by atoms with Gasteiger partial charge in [0.15, 0.2) is 0 Å². The Balaban J connectivity index is 2.13. The molecule has 1 unspecified atom stereocenters. The van der Waals surface area contributed by atoms with Gasteiger partial charge in [0.05, 0.1) is 18.1 Å². The van der Waals surface area contributed by atoms with Crippen molar-refractivity contribution in [3.63, 3.8) is 0 Å². The van der Waals surface area contributed by atoms with Gasteiger partial charge in [-0.25, -0.2) is 4.98 Å². The summed E-state index contributed by atoms with van der Waals surface area (Å²) >= 11 is 6.02. The van der Waals surface area contributed by atoms with Crippen LogP contribution in [0, 0.1) is 0 Å². The van der Waals surface area contributed by atoms with Crippen LogP contribution < -0.4 is 5.32 Å². The van der Waals surface area contributed by atoms with Gasteiger partial charge in [0.2, 0.25) is 0 Å². The first-order valence-electron chi connectivity index (χ1n) is 6.19. The number of benzene rings is 1. The highest BCUT2D eigenvalue weighted by Crippen LogP contribution is 2.21. The van der Waals surface area contributed by atoms with E-state index in [1.807, 2.05) is 24.5 Å². The van der Waals surface area contributed by atoms with E-state index in [1.165, 1.54) is 5.56 Å². The molecule has 3 nitrogen and oxygen atoms in total. The Morgan fingerprint density at radius 2 is 2.28 bits per heavy atom. The second-order valence-electron chi connectivity index (χ2n) is 4.32. The number of nitrogens with one attached hydrogen (secondary N) is 1. The zero-order chi connectivity index (χ0) is 13.0. The van der Waals surface area contributed by atoms with Crippen molar-refractivity contribution in [1.82, 2.24) is 14.9 Å². The molecule has 0 saturated carbocycles. The van der Waals surface area contributed by atoms with Crippen LogP contribution in [0.1, 0.15) is 31.1 Å². The van der Waals surface area contributed by atoms with E-state index in [9.17, 15) is 0 Å². The van der Waals surface area contributed by atoms with Crippen molar-refractivity contribution in [3.05, 3.63) is 53.1 Å². The van der Waals surface area contributed by atoms with Crippen molar-refractivity contribution in [2.24, 2.45) is 0 Å². The zero-order valence-electron chi connectivity index (χ0n) is 10.7. The lowest BCUT2D eigenvalue weighted by molar-refractivity contribution is 0.636. The third kappa shape index (κ3) is 3.12. The van der Waals surface area contributed by atoms with Crippen LogP contribution >= 0.6 is 11.6 Å². The lowest BCUT2D eigenvalue weighted by Crippen LogP contribution is -2.12. The number of halogens is 1. The van der Waals surface area contributed by atoms with E-state index in [0.717, 1.165) is 23.8 Å². The topological polar surface area (TPSA) is 29.9 Å². The highest BCUT2D eigenvalue weighted by atomic mass is 35.5. The number of imidazole rings is 1. The summed E-state index contributed by atoms with van der Waals surface area (Å²) in [6.07, 6.45) is 3.95. The van der Waals surface area contributed by atoms with Gasteiger partial charge >= 0.3 is 0 Å². The standard InChI is InChI=1S/C14H18ClN3/c1-3-16-8-14-9-18(10-17-14)11(2)12-5-4-6-13(15)7-12/h4-7,9-11,16H,3,8H2,1-2H3. The Labute approximate surface area is 113 Å². The molecule has 18 heavy (non-hydrogen) atoms. The van der Waals surface area contributed by atoms with Crippen molar-refractivity contribution in [3.8, 4) is 0 Å². The molecule has 1 aromatic heterocycles. The molecule has 0 aliphatic heterocycles. The van der Waals surface area contributed by atoms with Gasteiger partial charge < -0.3 is 9.88 Å². The molecule has 0 amide bonds. The molecule has 0 bridgehead atoms. The molecule has 2 aromatic rings. The van der Waals surface area contributed by atoms with Gasteiger partial charge in [-0.3, -0.25) is 0 Å². The normalized spacial score (nSPS) is 12.6. The van der Waals surface area contributed by atoms with Crippen LogP contribution in [-0.2, 0) is 6.54 Å². The van der Waals surface area contributed by atoms with Gasteiger partial charge in [-0.1, -0.05) is 30.7 Å². The summed E-state index contributed by atoms with van der Waals surface area (Å²) < 4.78 is 2.11. The Morgan fingerprint density at radius 3 is 3.00 bits per heavy atom. The Morgan fingerprint density at radius 1 is 1.44 bits per heavy atom. The first-order chi connectivity index (χ1) is 8.70. The van der Waals surface area contributed by atoms with E-state index in [0.29, 0.717) is 0 Å². The van der Waals surface area contributed by atoms with Crippen molar-refractivity contribution in [2.75, 3.05) is 6.54 Å². The van der Waals surface area contributed by atoms with Gasteiger partial charge in [0.1, 0.15) is 0 Å². The molecular formula is C14H18ClN3. The fourth-order valence-corrected chi connectivity index (χ4v) is 2.07. The first kappa shape index (κ1) is 13.1. The summed E-state index contributed by atoms with van der Waals surface area (Å²) in [6, 6.07) is 8.19. The zero-order valence-corrected chi connectivity index (χ0v) is 11.5. The maximum absolute atomic E-state index is 6.02. The fraction of sp³-hybridized carbons (Fsp3) is 0.357. The van der Waals surface area contributed by atoms with Crippen LogP contribution in [0.2, 0.25) is 5.02 Å². The quantitative estimate of drug-likeness (QED) is 0.897. The minimum atomic E-state index is 0.242. The van der Waals surface area contributed by atoms with Crippen LogP contribution in [0.4, 0.5) is 0 Å². The molecule has 96 valence electrons. The monoisotopic (exact) mass is 263 g/mol. The van der Waals surface area contributed by atoms with Gasteiger partial charge in [-0.15, -0.1) is 0 Å². The van der Waals surface area contributed by atoms with Crippen LogP contribution in [-0.4, -0.2) is 16.1 Å². The van der Waals surface area contributed by atoms with E-state index in [2.05, 4.69) is 41.0 Å². The van der Waals surface area contributed by atoms with E-state index >= 15 is 0 Å². The highest BCUT2D eigenvalue weighted by molar-refractivity contribution is 6.30. The van der Waals surface area contributed by atoms with Crippen molar-refractivity contribution in [1.29, 1.82) is 0 Å². The number of aromatic nitrogens is 2. The van der Waals surface area contributed by atoms with Crippen molar-refractivity contribution in [2.45, 2.75) is 26.4 Å². The van der Waals surface area contributed by atoms with Crippen LogP contribution in [0.3, 0.4) is 0 Å². The van der Waals surface area contributed by atoms with E-state index < -0.39 is 0 Å². The average molecular weight is 264 g/mol. The summed E-state index contributed by atoms with van der Waals surface area (Å²) in [7, 11) is 0. The predicted molar refractivity (Wildman–Crippen MR) is 74.9 cm³/mol. The Hall–Kier alpha value is -1.32. The maximum Gasteiger partial charge on any atom is 0.0955 e. The number of nitrogens with zero attached hydrogens (tertiary/aromatic N) is 2. The molecule has 1 N–H and O–H groups in total. The minimum Gasteiger partial charge on any atom is -0.330 e. The summed E-state index contributed by atoms with van der Waals surface area (Å²) in [5.74, 6) is 0. The third-order valence-corrected chi connectivity index (χ3v) is 3.22. The molecule has 0 fully saturated rings. The molecule has 0 saturated heterocycles. The summed E-state index contributed by atoms with van der Waals surface area (Å²) in [4.78, 5) is 4.39. The van der Waals surface area contributed by atoms with Gasteiger partial charge in [0.25, 0.3) is 0 Å². The summed E-state index contributed by atoms with van der Waals surface area (Å²) in [6.45, 7) is 6.00. The summed E-state index contributed by atoms with van der Waals surface area (Å²) in [5.41, 5.74) is 2.25. The maximum atomic E-state index is 6.02. The summed E-state index contributed by atoms with van der Waals surface area (Å²) in [5, 5.41) is 4.04. The Bertz CT molecular complexity index is 507. The molecule has 0 spiro atoms. The van der Waals surface area contributed by atoms with Gasteiger partial charge in [0, 0.05) is 17.8 Å². The average Bonchev–Trinajstić information content (AvgIpc) is 2.84. The molecule has 1 aromatic carbocycles. The Kier molecular flexibility index (Phi) is 4.39. The first-order valence-corrected chi connectivity index (χ1v) is 6.57. The van der Waals surface area contributed by atoms with E-state index in [4.69, 9.17) is 11.6 Å². The molecule has 0 aliphatic carbocycles. The lowest BCUT2D eigenvalue weighted by atomic mass is 10.1. The van der Waals surface area contributed by atoms with Crippen molar-refractivity contribution >= 4 is 11.6 Å². The second-order valence-corrected chi connectivity index (χ2v) is 4.76. The molecule has 1 atom stereocenters. The van der Waals surface area contributed by atoms with Gasteiger partial charge in [-0.2, -0.15) is 0 Å². The fourth-order valence-electron chi connectivity index (χ4n) is 1.87. The predicted octanol–water partition coefficient (Wildman–Crippen LogP) is 3.26. The van der Waals surface area contributed by atoms with E-state index in [1.54, 1.807) is 0 Å². The SMILES string of the molecule is CCNCc1cn(C(C)c2cccc(Cl)c2)cn1. The largest absolute Gasteiger partial charge is 0.330 e.